The second-order valence-corrected chi connectivity index (χ2v) is 12.1. The number of hydrogen-bond acceptors (Lipinski definition) is 2. The van der Waals surface area contributed by atoms with Gasteiger partial charge in [0.1, 0.15) is 22.3 Å². The van der Waals surface area contributed by atoms with Crippen LogP contribution in [0.2, 0.25) is 0 Å². The van der Waals surface area contributed by atoms with Crippen molar-refractivity contribution in [2.75, 3.05) is 0 Å². The molecule has 0 saturated heterocycles. The van der Waals surface area contributed by atoms with Gasteiger partial charge in [-0.2, -0.15) is 0 Å². The number of hydrogen-bond donors (Lipinski definition) is 0. The number of para-hydroxylation sites is 3. The number of aromatic nitrogens is 1. The van der Waals surface area contributed by atoms with Gasteiger partial charge in [0.05, 0.1) is 5.52 Å². The monoisotopic (exact) mass is 601 g/mol. The number of rotatable bonds is 4. The maximum absolute atomic E-state index is 6.61. The van der Waals surface area contributed by atoms with Gasteiger partial charge >= 0.3 is 0 Å². The average molecular weight is 602 g/mol. The zero-order chi connectivity index (χ0) is 30.9. The molecular weight excluding hydrogens is 574 g/mol. The van der Waals surface area contributed by atoms with E-state index in [9.17, 15) is 0 Å². The first-order valence-electron chi connectivity index (χ1n) is 15.9. The lowest BCUT2D eigenvalue weighted by atomic mass is 9.95. The van der Waals surface area contributed by atoms with Crippen molar-refractivity contribution < 1.29 is 8.83 Å². The summed E-state index contributed by atoms with van der Waals surface area (Å²) in [4.78, 5) is 0. The third kappa shape index (κ3) is 3.93. The highest BCUT2D eigenvalue weighted by Crippen LogP contribution is 2.42. The Labute approximate surface area is 270 Å². The van der Waals surface area contributed by atoms with Crippen LogP contribution in [0.4, 0.5) is 0 Å². The second kappa shape index (κ2) is 10.1. The molecule has 0 atom stereocenters. The second-order valence-electron chi connectivity index (χ2n) is 12.1. The standard InChI is InChI=1S/C44H27NO2/c1-3-11-29(12-4-1)34-17-9-18-37-41-33(16-10-20-39(41)46-43(34)37)30-23-21-28(22-24-30)31-25-26-36-40(27-31)47-44-35-15-7-8-19-38(35)45(42(36)44)32-13-5-2-6-14-32/h1-27H. The van der Waals surface area contributed by atoms with E-state index < -0.39 is 0 Å². The lowest BCUT2D eigenvalue weighted by Gasteiger charge is -2.08. The Morgan fingerprint density at radius 2 is 1.02 bits per heavy atom. The first-order chi connectivity index (χ1) is 23.3. The van der Waals surface area contributed by atoms with Crippen LogP contribution < -0.4 is 0 Å². The largest absolute Gasteiger partial charge is 0.455 e. The zero-order valence-electron chi connectivity index (χ0n) is 25.4. The van der Waals surface area contributed by atoms with E-state index in [0.717, 1.165) is 94.0 Å². The molecule has 0 bridgehead atoms. The van der Waals surface area contributed by atoms with E-state index in [0.29, 0.717) is 0 Å². The van der Waals surface area contributed by atoms with Crippen molar-refractivity contribution in [3.8, 4) is 39.1 Å². The molecule has 0 aliphatic heterocycles. The average Bonchev–Trinajstić information content (AvgIpc) is 3.81. The van der Waals surface area contributed by atoms with Crippen LogP contribution >= 0.6 is 0 Å². The van der Waals surface area contributed by atoms with Gasteiger partial charge in [0, 0.05) is 32.8 Å². The number of fused-ring (bicyclic) bond motifs is 8. The van der Waals surface area contributed by atoms with E-state index in [1.54, 1.807) is 0 Å². The van der Waals surface area contributed by atoms with E-state index in [1.807, 2.05) is 6.07 Å². The summed E-state index contributed by atoms with van der Waals surface area (Å²) in [5, 5.41) is 4.49. The molecule has 0 amide bonds. The number of nitrogens with zero attached hydrogens (tertiary/aromatic N) is 1. The maximum Gasteiger partial charge on any atom is 0.161 e. The Bertz CT molecular complexity index is 2760. The highest BCUT2D eigenvalue weighted by atomic mass is 16.3. The van der Waals surface area contributed by atoms with Gasteiger partial charge in [-0.1, -0.05) is 121 Å². The van der Waals surface area contributed by atoms with Crippen molar-refractivity contribution in [1.82, 2.24) is 4.57 Å². The molecule has 220 valence electrons. The molecule has 10 aromatic rings. The van der Waals surface area contributed by atoms with E-state index in [-0.39, 0.29) is 0 Å². The highest BCUT2D eigenvalue weighted by Gasteiger charge is 2.20. The molecule has 0 N–H and O–H groups in total. The minimum absolute atomic E-state index is 0.885. The quantitative estimate of drug-likeness (QED) is 0.201. The Morgan fingerprint density at radius 1 is 0.383 bits per heavy atom. The third-order valence-corrected chi connectivity index (χ3v) is 9.43. The van der Waals surface area contributed by atoms with Crippen LogP contribution in [0.5, 0.6) is 0 Å². The summed E-state index contributed by atoms with van der Waals surface area (Å²) in [7, 11) is 0. The van der Waals surface area contributed by atoms with Crippen molar-refractivity contribution in [3.05, 3.63) is 164 Å². The first-order valence-corrected chi connectivity index (χ1v) is 15.9. The predicted molar refractivity (Wildman–Crippen MR) is 194 cm³/mol. The molecule has 3 nitrogen and oxygen atoms in total. The highest BCUT2D eigenvalue weighted by molar-refractivity contribution is 6.17. The third-order valence-electron chi connectivity index (χ3n) is 9.43. The SMILES string of the molecule is c1ccc(-c2cccc3c2oc2cccc(-c4ccc(-c5ccc6c(c5)oc5c7ccccc7n(-c7ccccc7)c65)cc4)c23)cc1. The topological polar surface area (TPSA) is 31.2 Å². The van der Waals surface area contributed by atoms with Crippen molar-refractivity contribution in [1.29, 1.82) is 0 Å². The lowest BCUT2D eigenvalue weighted by molar-refractivity contribution is 0.670. The maximum atomic E-state index is 6.61. The Kier molecular flexibility index (Phi) is 5.57. The first kappa shape index (κ1) is 26.0. The minimum Gasteiger partial charge on any atom is -0.455 e. The summed E-state index contributed by atoms with van der Waals surface area (Å²) in [5.41, 5.74) is 13.8. The molecule has 0 unspecified atom stereocenters. The fourth-order valence-electron chi connectivity index (χ4n) is 7.27. The summed E-state index contributed by atoms with van der Waals surface area (Å²) >= 11 is 0. The lowest BCUT2D eigenvalue weighted by Crippen LogP contribution is -1.92. The van der Waals surface area contributed by atoms with Crippen LogP contribution in [0.1, 0.15) is 0 Å². The molecule has 10 rings (SSSR count). The van der Waals surface area contributed by atoms with Crippen LogP contribution in [-0.4, -0.2) is 4.57 Å². The summed E-state index contributed by atoms with van der Waals surface area (Å²) in [5.74, 6) is 0. The van der Waals surface area contributed by atoms with Crippen LogP contribution in [-0.2, 0) is 0 Å². The molecule has 0 saturated carbocycles. The van der Waals surface area contributed by atoms with Crippen LogP contribution in [0.3, 0.4) is 0 Å². The molecule has 3 heterocycles. The van der Waals surface area contributed by atoms with E-state index in [1.165, 1.54) is 0 Å². The fourth-order valence-corrected chi connectivity index (χ4v) is 7.27. The fraction of sp³-hybridized carbons (Fsp3) is 0. The molecule has 0 aliphatic rings. The predicted octanol–water partition coefficient (Wildman–Crippen LogP) is 12.4. The van der Waals surface area contributed by atoms with Gasteiger partial charge in [0.25, 0.3) is 0 Å². The van der Waals surface area contributed by atoms with Gasteiger partial charge in [-0.3, -0.25) is 0 Å². The minimum atomic E-state index is 0.885. The summed E-state index contributed by atoms with van der Waals surface area (Å²) < 4.78 is 15.4. The Balaban J connectivity index is 1.07. The Hall–Kier alpha value is -6.32. The van der Waals surface area contributed by atoms with Crippen LogP contribution in [0.25, 0.3) is 94.0 Å². The van der Waals surface area contributed by atoms with E-state index >= 15 is 0 Å². The van der Waals surface area contributed by atoms with E-state index in [2.05, 4.69) is 162 Å². The summed E-state index contributed by atoms with van der Waals surface area (Å²) in [6, 6.07) is 57.6. The van der Waals surface area contributed by atoms with Gasteiger partial charge < -0.3 is 13.4 Å². The van der Waals surface area contributed by atoms with Gasteiger partial charge in [-0.15, -0.1) is 0 Å². The smallest absolute Gasteiger partial charge is 0.161 e. The summed E-state index contributed by atoms with van der Waals surface area (Å²) in [6.07, 6.45) is 0. The molecule has 3 aromatic heterocycles. The number of furan rings is 2. The van der Waals surface area contributed by atoms with Crippen molar-refractivity contribution in [2.24, 2.45) is 0 Å². The van der Waals surface area contributed by atoms with E-state index in [4.69, 9.17) is 8.83 Å². The number of benzene rings is 7. The summed E-state index contributed by atoms with van der Waals surface area (Å²) in [6.45, 7) is 0. The normalized spacial score (nSPS) is 11.8. The van der Waals surface area contributed by atoms with Gasteiger partial charge in [-0.25, -0.2) is 0 Å². The van der Waals surface area contributed by atoms with Crippen molar-refractivity contribution in [2.45, 2.75) is 0 Å². The molecule has 0 spiro atoms. The molecule has 3 heteroatoms. The Morgan fingerprint density at radius 3 is 1.87 bits per heavy atom. The molecule has 0 fully saturated rings. The molecule has 0 radical (unpaired) electrons. The zero-order valence-corrected chi connectivity index (χ0v) is 25.4. The van der Waals surface area contributed by atoms with Crippen LogP contribution in [0, 0.1) is 0 Å². The van der Waals surface area contributed by atoms with Crippen LogP contribution in [0.15, 0.2) is 173 Å². The molecule has 0 aliphatic carbocycles. The molecule has 47 heavy (non-hydrogen) atoms. The van der Waals surface area contributed by atoms with Gasteiger partial charge in [0.2, 0.25) is 0 Å². The van der Waals surface area contributed by atoms with Crippen molar-refractivity contribution >= 4 is 54.9 Å². The molecule has 7 aromatic carbocycles. The van der Waals surface area contributed by atoms with Gasteiger partial charge in [-0.05, 0) is 70.3 Å². The molecular formula is C44H27NO2. The van der Waals surface area contributed by atoms with Crippen molar-refractivity contribution in [3.63, 3.8) is 0 Å². The van der Waals surface area contributed by atoms with Gasteiger partial charge in [0.15, 0.2) is 5.58 Å².